The average Bonchev–Trinajstić information content (AvgIpc) is 3.40. The van der Waals surface area contributed by atoms with Gasteiger partial charge in [-0.2, -0.15) is 0 Å². The molecular formula is C23H24N4O2. The van der Waals surface area contributed by atoms with Gasteiger partial charge in [0.15, 0.2) is 5.69 Å². The normalized spacial score (nSPS) is 13.3. The van der Waals surface area contributed by atoms with E-state index >= 15 is 0 Å². The quantitative estimate of drug-likeness (QED) is 0.447. The fourth-order valence-electron chi connectivity index (χ4n) is 3.42. The number of nitrogens with two attached hydrogens (primary N) is 1. The zero-order valence-corrected chi connectivity index (χ0v) is 16.3. The van der Waals surface area contributed by atoms with E-state index < -0.39 is 6.04 Å². The molecule has 0 aliphatic heterocycles. The Bertz CT molecular complexity index is 1100. The molecule has 0 fully saturated rings. The first-order chi connectivity index (χ1) is 14.1. The van der Waals surface area contributed by atoms with Gasteiger partial charge in [-0.15, -0.1) is 0 Å². The molecule has 0 aliphatic rings. The minimum absolute atomic E-state index is 0.204. The first-order valence-corrected chi connectivity index (χ1v) is 9.71. The second-order valence-corrected chi connectivity index (χ2v) is 7.26. The van der Waals surface area contributed by atoms with Crippen LogP contribution < -0.4 is 11.1 Å². The van der Waals surface area contributed by atoms with Gasteiger partial charge in [0.1, 0.15) is 6.26 Å². The van der Waals surface area contributed by atoms with E-state index in [4.69, 9.17) is 10.2 Å². The molecule has 2 aromatic heterocycles. The van der Waals surface area contributed by atoms with E-state index in [9.17, 15) is 4.79 Å². The predicted molar refractivity (Wildman–Crippen MR) is 113 cm³/mol. The topological polar surface area (TPSA) is 96.9 Å². The first kappa shape index (κ1) is 19.0. The van der Waals surface area contributed by atoms with Gasteiger partial charge in [0.2, 0.25) is 5.89 Å². The van der Waals surface area contributed by atoms with Crippen molar-refractivity contribution in [3.05, 3.63) is 89.8 Å². The van der Waals surface area contributed by atoms with Crippen LogP contribution in [0.3, 0.4) is 0 Å². The zero-order valence-electron chi connectivity index (χ0n) is 16.3. The fourth-order valence-corrected chi connectivity index (χ4v) is 3.42. The fraction of sp³-hybridized carbons (Fsp3) is 0.217. The van der Waals surface area contributed by atoms with Gasteiger partial charge in [0, 0.05) is 23.6 Å². The molecule has 6 nitrogen and oxygen atoms in total. The molecule has 2 atom stereocenters. The maximum Gasteiger partial charge on any atom is 0.273 e. The number of benzene rings is 2. The Morgan fingerprint density at radius 1 is 1.17 bits per heavy atom. The van der Waals surface area contributed by atoms with E-state index in [0.29, 0.717) is 18.9 Å². The number of amides is 1. The van der Waals surface area contributed by atoms with Crippen LogP contribution in [-0.2, 0) is 6.42 Å². The van der Waals surface area contributed by atoms with Crippen LogP contribution in [0.4, 0.5) is 0 Å². The molecule has 6 heteroatoms. The number of hydrogen-bond donors (Lipinski definition) is 3. The summed E-state index contributed by atoms with van der Waals surface area (Å²) in [5.41, 5.74) is 9.86. The average molecular weight is 388 g/mol. The van der Waals surface area contributed by atoms with Crippen molar-refractivity contribution >= 4 is 16.8 Å². The van der Waals surface area contributed by atoms with Crippen LogP contribution in [0.25, 0.3) is 10.9 Å². The number of carbonyl (C=O) groups excluding carboxylic acids is 1. The SMILES string of the molecule is CC(CNC(=O)c1coc(C(N)Cc2c[nH]c3ccccc23)n1)c1ccccc1. The highest BCUT2D eigenvalue weighted by molar-refractivity contribution is 5.92. The van der Waals surface area contributed by atoms with E-state index in [2.05, 4.69) is 40.4 Å². The molecule has 0 radical (unpaired) electrons. The smallest absolute Gasteiger partial charge is 0.273 e. The van der Waals surface area contributed by atoms with Crippen LogP contribution in [0, 0.1) is 0 Å². The molecule has 4 rings (SSSR count). The van der Waals surface area contributed by atoms with Gasteiger partial charge in [-0.05, 0) is 29.5 Å². The Kier molecular flexibility index (Phi) is 5.44. The van der Waals surface area contributed by atoms with E-state index in [1.165, 1.54) is 11.8 Å². The molecule has 29 heavy (non-hydrogen) atoms. The lowest BCUT2D eigenvalue weighted by Crippen LogP contribution is -2.28. The highest BCUT2D eigenvalue weighted by Crippen LogP contribution is 2.23. The minimum Gasteiger partial charge on any atom is -0.446 e. The Hall–Kier alpha value is -3.38. The predicted octanol–water partition coefficient (Wildman–Crippen LogP) is 3.93. The first-order valence-electron chi connectivity index (χ1n) is 9.71. The largest absolute Gasteiger partial charge is 0.446 e. The molecule has 4 aromatic rings. The number of nitrogens with zero attached hydrogens (tertiary/aromatic N) is 1. The van der Waals surface area contributed by atoms with Gasteiger partial charge < -0.3 is 20.5 Å². The number of rotatable bonds is 7. The monoisotopic (exact) mass is 388 g/mol. The molecular weight excluding hydrogens is 364 g/mol. The number of carbonyl (C=O) groups is 1. The maximum absolute atomic E-state index is 12.4. The molecule has 148 valence electrons. The molecule has 0 saturated heterocycles. The lowest BCUT2D eigenvalue weighted by molar-refractivity contribution is 0.0946. The third-order valence-electron chi connectivity index (χ3n) is 5.12. The van der Waals surface area contributed by atoms with E-state index in [0.717, 1.165) is 16.5 Å². The summed E-state index contributed by atoms with van der Waals surface area (Å²) in [7, 11) is 0. The molecule has 0 aliphatic carbocycles. The van der Waals surface area contributed by atoms with Crippen LogP contribution in [-0.4, -0.2) is 22.4 Å². The van der Waals surface area contributed by atoms with Gasteiger partial charge in [-0.25, -0.2) is 4.98 Å². The molecule has 2 heterocycles. The minimum atomic E-state index is -0.431. The number of aromatic nitrogens is 2. The molecule has 2 unspecified atom stereocenters. The highest BCUT2D eigenvalue weighted by atomic mass is 16.3. The Morgan fingerprint density at radius 3 is 2.76 bits per heavy atom. The Labute approximate surface area is 169 Å². The summed E-state index contributed by atoms with van der Waals surface area (Å²) in [5, 5.41) is 4.04. The summed E-state index contributed by atoms with van der Waals surface area (Å²) in [6, 6.07) is 17.7. The van der Waals surface area contributed by atoms with Crippen LogP contribution in [0.15, 0.2) is 71.5 Å². The van der Waals surface area contributed by atoms with Crippen molar-refractivity contribution < 1.29 is 9.21 Å². The van der Waals surface area contributed by atoms with Crippen molar-refractivity contribution in [3.63, 3.8) is 0 Å². The van der Waals surface area contributed by atoms with E-state index in [-0.39, 0.29) is 17.5 Å². The third kappa shape index (κ3) is 4.22. The van der Waals surface area contributed by atoms with Gasteiger partial charge in [0.05, 0.1) is 6.04 Å². The lowest BCUT2D eigenvalue weighted by Gasteiger charge is -2.12. The van der Waals surface area contributed by atoms with Crippen LogP contribution in [0.2, 0.25) is 0 Å². The molecule has 0 saturated carbocycles. The second-order valence-electron chi connectivity index (χ2n) is 7.26. The van der Waals surface area contributed by atoms with Crippen molar-refractivity contribution in [2.45, 2.75) is 25.3 Å². The van der Waals surface area contributed by atoms with E-state index in [1.807, 2.05) is 42.6 Å². The maximum atomic E-state index is 12.4. The van der Waals surface area contributed by atoms with Crippen LogP contribution in [0.1, 0.15) is 46.4 Å². The standard InChI is InChI=1S/C23H24N4O2/c1-15(16-7-3-2-4-8-16)12-26-22(28)21-14-29-23(27-21)19(24)11-17-13-25-20-10-6-5-9-18(17)20/h2-10,13-15,19,25H,11-12,24H2,1H3,(H,26,28). The number of para-hydroxylation sites is 1. The zero-order chi connectivity index (χ0) is 20.2. The number of aromatic amines is 1. The number of nitrogens with one attached hydrogen (secondary N) is 2. The van der Waals surface area contributed by atoms with Crippen molar-refractivity contribution in [2.24, 2.45) is 5.73 Å². The number of H-pyrrole nitrogens is 1. The lowest BCUT2D eigenvalue weighted by atomic mass is 10.0. The van der Waals surface area contributed by atoms with E-state index in [1.54, 1.807) is 0 Å². The number of hydrogen-bond acceptors (Lipinski definition) is 4. The second kappa shape index (κ2) is 8.32. The van der Waals surface area contributed by atoms with Crippen molar-refractivity contribution in [1.82, 2.24) is 15.3 Å². The number of fused-ring (bicyclic) bond motifs is 1. The summed E-state index contributed by atoms with van der Waals surface area (Å²) < 4.78 is 5.49. The van der Waals surface area contributed by atoms with Crippen LogP contribution >= 0.6 is 0 Å². The van der Waals surface area contributed by atoms with Gasteiger partial charge in [0.25, 0.3) is 5.91 Å². The summed E-state index contributed by atoms with van der Waals surface area (Å²) in [5.74, 6) is 0.300. The van der Waals surface area contributed by atoms with Gasteiger partial charge >= 0.3 is 0 Å². The molecule has 4 N–H and O–H groups in total. The van der Waals surface area contributed by atoms with Crippen molar-refractivity contribution in [2.75, 3.05) is 6.54 Å². The Balaban J connectivity index is 1.37. The molecule has 0 spiro atoms. The van der Waals surface area contributed by atoms with Crippen LogP contribution in [0.5, 0.6) is 0 Å². The summed E-state index contributed by atoms with van der Waals surface area (Å²) >= 11 is 0. The summed E-state index contributed by atoms with van der Waals surface area (Å²) in [4.78, 5) is 20.0. The van der Waals surface area contributed by atoms with Gasteiger partial charge in [-0.1, -0.05) is 55.5 Å². The molecule has 0 bridgehead atoms. The molecule has 2 aromatic carbocycles. The summed E-state index contributed by atoms with van der Waals surface area (Å²) in [6.07, 6.45) is 3.88. The Morgan fingerprint density at radius 2 is 1.93 bits per heavy atom. The third-order valence-corrected chi connectivity index (χ3v) is 5.12. The molecule has 1 amide bonds. The van der Waals surface area contributed by atoms with Crippen molar-refractivity contribution in [3.8, 4) is 0 Å². The summed E-state index contributed by atoms with van der Waals surface area (Å²) in [6.45, 7) is 2.59. The van der Waals surface area contributed by atoms with Crippen molar-refractivity contribution in [1.29, 1.82) is 0 Å². The number of oxazole rings is 1. The van der Waals surface area contributed by atoms with Gasteiger partial charge in [-0.3, -0.25) is 4.79 Å². The highest BCUT2D eigenvalue weighted by Gasteiger charge is 2.19.